The van der Waals surface area contributed by atoms with Gasteiger partial charge in [-0.3, -0.25) is 0 Å². The van der Waals surface area contributed by atoms with Crippen LogP contribution in [-0.4, -0.2) is 20.8 Å². The average molecular weight is 222 g/mol. The molecule has 2 aliphatic carbocycles. The first-order chi connectivity index (χ1) is 7.65. The van der Waals surface area contributed by atoms with Gasteiger partial charge in [0, 0.05) is 5.92 Å². The van der Waals surface area contributed by atoms with E-state index in [-0.39, 0.29) is 0 Å². The summed E-state index contributed by atoms with van der Waals surface area (Å²) >= 11 is 0. The third-order valence-electron chi connectivity index (χ3n) is 3.74. The Bertz CT molecular complexity index is 386. The van der Waals surface area contributed by atoms with Crippen molar-refractivity contribution in [2.75, 3.05) is 0 Å². The third-order valence-corrected chi connectivity index (χ3v) is 3.74. The molecule has 4 heteroatoms. The molecule has 0 aromatic carbocycles. The van der Waals surface area contributed by atoms with E-state index < -0.39 is 5.60 Å². The molecule has 16 heavy (non-hydrogen) atoms. The van der Waals surface area contributed by atoms with Crippen LogP contribution in [0.2, 0.25) is 0 Å². The van der Waals surface area contributed by atoms with Gasteiger partial charge in [-0.25, -0.2) is 0 Å². The summed E-state index contributed by atoms with van der Waals surface area (Å²) in [5.74, 6) is 2.58. The van der Waals surface area contributed by atoms with Crippen molar-refractivity contribution in [1.82, 2.24) is 10.1 Å². The van der Waals surface area contributed by atoms with Crippen LogP contribution in [0.4, 0.5) is 0 Å². The largest absolute Gasteiger partial charge is 0.389 e. The van der Waals surface area contributed by atoms with E-state index in [4.69, 9.17) is 4.52 Å². The summed E-state index contributed by atoms with van der Waals surface area (Å²) in [5, 5.41) is 14.3. The SMILES string of the molecule is C[C@@H]1CC[C@](O)(Cc2nc(C3CC3)no2)C1. The summed E-state index contributed by atoms with van der Waals surface area (Å²) in [5.41, 5.74) is -0.604. The number of aromatic nitrogens is 2. The van der Waals surface area contributed by atoms with E-state index >= 15 is 0 Å². The van der Waals surface area contributed by atoms with E-state index in [0.29, 0.717) is 24.1 Å². The Labute approximate surface area is 95.0 Å². The number of nitrogens with zero attached hydrogens (tertiary/aromatic N) is 2. The Morgan fingerprint density at radius 1 is 1.44 bits per heavy atom. The van der Waals surface area contributed by atoms with Crippen molar-refractivity contribution < 1.29 is 9.63 Å². The van der Waals surface area contributed by atoms with E-state index in [1.807, 2.05) is 0 Å². The molecule has 0 saturated heterocycles. The Hall–Kier alpha value is -0.900. The van der Waals surface area contributed by atoms with E-state index in [1.165, 1.54) is 12.8 Å². The number of aliphatic hydroxyl groups is 1. The lowest BCUT2D eigenvalue weighted by atomic mass is 9.97. The molecule has 0 unspecified atom stereocenters. The second-order valence-electron chi connectivity index (χ2n) is 5.57. The summed E-state index contributed by atoms with van der Waals surface area (Å²) in [4.78, 5) is 4.37. The Morgan fingerprint density at radius 2 is 2.25 bits per heavy atom. The minimum absolute atomic E-state index is 0.523. The molecule has 2 aliphatic rings. The van der Waals surface area contributed by atoms with Crippen molar-refractivity contribution >= 4 is 0 Å². The van der Waals surface area contributed by atoms with Gasteiger partial charge in [0.25, 0.3) is 0 Å². The van der Waals surface area contributed by atoms with Crippen molar-refractivity contribution in [3.05, 3.63) is 11.7 Å². The summed E-state index contributed by atoms with van der Waals surface area (Å²) in [6, 6.07) is 0. The molecular weight excluding hydrogens is 204 g/mol. The first-order valence-electron chi connectivity index (χ1n) is 6.19. The smallest absolute Gasteiger partial charge is 0.229 e. The maximum Gasteiger partial charge on any atom is 0.229 e. The van der Waals surface area contributed by atoms with E-state index in [1.54, 1.807) is 0 Å². The molecule has 0 spiro atoms. The predicted molar refractivity (Wildman–Crippen MR) is 57.9 cm³/mol. The van der Waals surface area contributed by atoms with Crippen LogP contribution < -0.4 is 0 Å². The zero-order valence-corrected chi connectivity index (χ0v) is 9.65. The minimum atomic E-state index is -0.604. The normalized spacial score (nSPS) is 34.5. The fourth-order valence-electron chi connectivity index (χ4n) is 2.66. The van der Waals surface area contributed by atoms with Crippen molar-refractivity contribution in [1.29, 1.82) is 0 Å². The van der Waals surface area contributed by atoms with E-state index in [9.17, 15) is 5.11 Å². The lowest BCUT2D eigenvalue weighted by Gasteiger charge is -2.19. The predicted octanol–water partition coefficient (Wildman–Crippen LogP) is 2.04. The number of hydrogen-bond acceptors (Lipinski definition) is 4. The van der Waals surface area contributed by atoms with Gasteiger partial charge in [0.15, 0.2) is 5.82 Å². The molecule has 2 saturated carbocycles. The Balaban J connectivity index is 1.68. The van der Waals surface area contributed by atoms with Crippen LogP contribution in [0.25, 0.3) is 0 Å². The fourth-order valence-corrected chi connectivity index (χ4v) is 2.66. The average Bonchev–Trinajstić information content (AvgIpc) is 2.89. The summed E-state index contributed by atoms with van der Waals surface area (Å²) in [6.07, 6.45) is 5.70. The molecule has 4 nitrogen and oxygen atoms in total. The molecule has 0 aliphatic heterocycles. The van der Waals surface area contributed by atoms with Crippen LogP contribution in [0.3, 0.4) is 0 Å². The molecule has 1 N–H and O–H groups in total. The van der Waals surface area contributed by atoms with Crippen molar-refractivity contribution in [2.24, 2.45) is 5.92 Å². The molecule has 1 aromatic heterocycles. The highest BCUT2D eigenvalue weighted by molar-refractivity contribution is 5.05. The Kier molecular flexibility index (Phi) is 2.28. The van der Waals surface area contributed by atoms with Gasteiger partial charge in [0.05, 0.1) is 12.0 Å². The van der Waals surface area contributed by atoms with Gasteiger partial charge >= 0.3 is 0 Å². The van der Waals surface area contributed by atoms with Crippen LogP contribution in [-0.2, 0) is 6.42 Å². The maximum absolute atomic E-state index is 10.4. The van der Waals surface area contributed by atoms with Gasteiger partial charge in [0.2, 0.25) is 5.89 Å². The molecule has 2 atom stereocenters. The lowest BCUT2D eigenvalue weighted by molar-refractivity contribution is 0.0368. The number of rotatable bonds is 3. The zero-order valence-electron chi connectivity index (χ0n) is 9.65. The maximum atomic E-state index is 10.4. The van der Waals surface area contributed by atoms with Crippen molar-refractivity contribution in [2.45, 2.75) is 57.0 Å². The van der Waals surface area contributed by atoms with E-state index in [0.717, 1.165) is 25.1 Å². The molecule has 0 bridgehead atoms. The fraction of sp³-hybridized carbons (Fsp3) is 0.833. The third kappa shape index (κ3) is 1.98. The molecule has 1 aromatic rings. The molecule has 0 amide bonds. The van der Waals surface area contributed by atoms with Crippen molar-refractivity contribution in [3.8, 4) is 0 Å². The first-order valence-corrected chi connectivity index (χ1v) is 6.19. The second kappa shape index (κ2) is 3.55. The van der Waals surface area contributed by atoms with Gasteiger partial charge in [0.1, 0.15) is 0 Å². The van der Waals surface area contributed by atoms with Gasteiger partial charge in [-0.1, -0.05) is 12.1 Å². The van der Waals surface area contributed by atoms with Crippen LogP contribution >= 0.6 is 0 Å². The van der Waals surface area contributed by atoms with Crippen LogP contribution in [0.15, 0.2) is 4.52 Å². The molecule has 1 heterocycles. The summed E-state index contributed by atoms with van der Waals surface area (Å²) in [6.45, 7) is 2.18. The molecule has 3 rings (SSSR count). The van der Waals surface area contributed by atoms with Crippen LogP contribution in [0, 0.1) is 5.92 Å². The van der Waals surface area contributed by atoms with Gasteiger partial charge in [-0.05, 0) is 38.0 Å². The van der Waals surface area contributed by atoms with Crippen LogP contribution in [0.1, 0.15) is 56.7 Å². The lowest BCUT2D eigenvalue weighted by Crippen LogP contribution is -2.27. The highest BCUT2D eigenvalue weighted by Gasteiger charge is 2.37. The van der Waals surface area contributed by atoms with E-state index in [2.05, 4.69) is 17.1 Å². The highest BCUT2D eigenvalue weighted by atomic mass is 16.5. The topological polar surface area (TPSA) is 59.2 Å². The van der Waals surface area contributed by atoms with Crippen molar-refractivity contribution in [3.63, 3.8) is 0 Å². The minimum Gasteiger partial charge on any atom is -0.389 e. The van der Waals surface area contributed by atoms with Gasteiger partial charge in [-0.15, -0.1) is 0 Å². The monoisotopic (exact) mass is 222 g/mol. The zero-order chi connectivity index (χ0) is 11.2. The number of hydrogen-bond donors (Lipinski definition) is 1. The van der Waals surface area contributed by atoms with Crippen LogP contribution in [0.5, 0.6) is 0 Å². The standard InChI is InChI=1S/C12H18N2O2/c1-8-4-5-12(15,6-8)7-10-13-11(14-16-10)9-2-3-9/h8-9,15H,2-7H2,1H3/t8-,12-/m1/s1. The Morgan fingerprint density at radius 3 is 2.88 bits per heavy atom. The quantitative estimate of drug-likeness (QED) is 0.850. The summed E-state index contributed by atoms with van der Waals surface area (Å²) in [7, 11) is 0. The highest BCUT2D eigenvalue weighted by Crippen LogP contribution is 2.39. The van der Waals surface area contributed by atoms with Gasteiger partial charge in [-0.2, -0.15) is 4.98 Å². The van der Waals surface area contributed by atoms with Gasteiger partial charge < -0.3 is 9.63 Å². The first kappa shape index (κ1) is 10.3. The molecular formula is C12H18N2O2. The molecule has 2 fully saturated rings. The molecule has 88 valence electrons. The second-order valence-corrected chi connectivity index (χ2v) is 5.57. The molecule has 0 radical (unpaired) electrons. The summed E-state index contributed by atoms with van der Waals surface area (Å²) < 4.78 is 5.21.